The van der Waals surface area contributed by atoms with E-state index in [4.69, 9.17) is 23.2 Å². The Hall–Kier alpha value is -0.0500. The SMILES string of the molecule is CC1(C)CC1C(=O)c1cc(Cl)sc1Cl. The number of ketones is 1. The van der Waals surface area contributed by atoms with Gasteiger partial charge >= 0.3 is 0 Å². The lowest BCUT2D eigenvalue weighted by Crippen LogP contribution is -2.05. The monoisotopic (exact) mass is 248 g/mol. The van der Waals surface area contributed by atoms with Crippen LogP contribution in [0.1, 0.15) is 30.6 Å². The number of thiophene rings is 1. The maximum atomic E-state index is 11.9. The first-order valence-corrected chi connectivity index (χ1v) is 5.98. The summed E-state index contributed by atoms with van der Waals surface area (Å²) < 4.78 is 1.10. The Morgan fingerprint density at radius 3 is 2.50 bits per heavy atom. The fourth-order valence-electron chi connectivity index (χ4n) is 1.61. The molecule has 1 unspecified atom stereocenters. The van der Waals surface area contributed by atoms with Gasteiger partial charge in [0.1, 0.15) is 4.34 Å². The lowest BCUT2D eigenvalue weighted by atomic mass is 10.0. The van der Waals surface area contributed by atoms with Gasteiger partial charge in [0.25, 0.3) is 0 Å². The van der Waals surface area contributed by atoms with Crippen molar-refractivity contribution in [3.05, 3.63) is 20.3 Å². The van der Waals surface area contributed by atoms with Crippen LogP contribution in [0.15, 0.2) is 6.07 Å². The molecule has 1 fully saturated rings. The van der Waals surface area contributed by atoms with E-state index in [-0.39, 0.29) is 17.1 Å². The zero-order valence-corrected chi connectivity index (χ0v) is 10.3. The lowest BCUT2D eigenvalue weighted by molar-refractivity contribution is 0.0954. The van der Waals surface area contributed by atoms with Crippen molar-refractivity contribution in [3.8, 4) is 0 Å². The normalized spacial score (nSPS) is 23.6. The van der Waals surface area contributed by atoms with Gasteiger partial charge in [0, 0.05) is 11.5 Å². The van der Waals surface area contributed by atoms with Crippen molar-refractivity contribution in [1.82, 2.24) is 0 Å². The van der Waals surface area contributed by atoms with Crippen LogP contribution in [0.25, 0.3) is 0 Å². The molecule has 0 N–H and O–H groups in total. The van der Waals surface area contributed by atoms with Crippen molar-refractivity contribution >= 4 is 40.3 Å². The molecule has 1 aliphatic rings. The highest BCUT2D eigenvalue weighted by atomic mass is 35.5. The standard InChI is InChI=1S/C10H10Cl2OS/c1-10(2)4-6(10)8(13)5-3-7(11)14-9(5)12/h3,6H,4H2,1-2H3. The maximum Gasteiger partial charge on any atom is 0.168 e. The van der Waals surface area contributed by atoms with Crippen molar-refractivity contribution in [1.29, 1.82) is 0 Å². The third-order valence-corrected chi connectivity index (χ3v) is 4.24. The Balaban J connectivity index is 2.25. The van der Waals surface area contributed by atoms with Crippen LogP contribution in [0.4, 0.5) is 0 Å². The molecule has 1 saturated carbocycles. The predicted octanol–water partition coefficient (Wildman–Crippen LogP) is 4.28. The number of Topliss-reactive ketones (excluding diaryl/α,β-unsaturated/α-hetero) is 1. The Labute approximate surface area is 97.0 Å². The summed E-state index contributed by atoms with van der Waals surface area (Å²) in [6, 6.07) is 1.67. The summed E-state index contributed by atoms with van der Waals surface area (Å²) >= 11 is 13.0. The molecule has 1 heterocycles. The highest BCUT2D eigenvalue weighted by molar-refractivity contribution is 7.20. The Morgan fingerprint density at radius 1 is 1.57 bits per heavy atom. The average Bonchev–Trinajstić information content (AvgIpc) is 2.55. The Morgan fingerprint density at radius 2 is 2.14 bits per heavy atom. The van der Waals surface area contributed by atoms with Gasteiger partial charge in [-0.3, -0.25) is 4.79 Å². The fraction of sp³-hybridized carbons (Fsp3) is 0.500. The second kappa shape index (κ2) is 3.22. The van der Waals surface area contributed by atoms with Crippen molar-refractivity contribution in [3.63, 3.8) is 0 Å². The molecule has 0 saturated heterocycles. The Bertz CT molecular complexity index is 395. The Kier molecular flexibility index (Phi) is 2.41. The topological polar surface area (TPSA) is 17.1 Å². The van der Waals surface area contributed by atoms with Crippen molar-refractivity contribution in [2.24, 2.45) is 11.3 Å². The summed E-state index contributed by atoms with van der Waals surface area (Å²) in [6.07, 6.45) is 0.954. The van der Waals surface area contributed by atoms with Crippen molar-refractivity contribution in [2.45, 2.75) is 20.3 Å². The van der Waals surface area contributed by atoms with E-state index in [0.29, 0.717) is 14.2 Å². The highest BCUT2D eigenvalue weighted by Gasteiger charge is 2.51. The van der Waals surface area contributed by atoms with Gasteiger partial charge in [0.15, 0.2) is 5.78 Å². The van der Waals surface area contributed by atoms with Gasteiger partial charge in [-0.1, -0.05) is 37.0 Å². The predicted molar refractivity (Wildman–Crippen MR) is 60.6 cm³/mol. The van der Waals surface area contributed by atoms with Crippen LogP contribution >= 0.6 is 34.5 Å². The van der Waals surface area contributed by atoms with Gasteiger partial charge in [-0.05, 0) is 17.9 Å². The van der Waals surface area contributed by atoms with Crippen LogP contribution in [0, 0.1) is 11.3 Å². The molecule has 0 aromatic carbocycles. The zero-order valence-electron chi connectivity index (χ0n) is 7.93. The van der Waals surface area contributed by atoms with E-state index < -0.39 is 0 Å². The summed E-state index contributed by atoms with van der Waals surface area (Å²) in [5.41, 5.74) is 0.742. The minimum absolute atomic E-state index is 0.130. The van der Waals surface area contributed by atoms with Gasteiger partial charge in [-0.2, -0.15) is 0 Å². The first-order valence-electron chi connectivity index (χ1n) is 4.41. The maximum absolute atomic E-state index is 11.9. The highest BCUT2D eigenvalue weighted by Crippen LogP contribution is 2.54. The number of carbonyl (C=O) groups excluding carboxylic acids is 1. The molecule has 14 heavy (non-hydrogen) atoms. The van der Waals surface area contributed by atoms with Crippen LogP contribution in [0.5, 0.6) is 0 Å². The van der Waals surface area contributed by atoms with Crippen LogP contribution < -0.4 is 0 Å². The van der Waals surface area contributed by atoms with Gasteiger partial charge in [-0.15, -0.1) is 11.3 Å². The van der Waals surface area contributed by atoms with Crippen molar-refractivity contribution < 1.29 is 4.79 Å². The van der Waals surface area contributed by atoms with Gasteiger partial charge in [0.2, 0.25) is 0 Å². The first kappa shape index (κ1) is 10.5. The second-order valence-corrected chi connectivity index (χ2v) is 6.63. The summed E-state index contributed by atoms with van der Waals surface area (Å²) in [7, 11) is 0. The summed E-state index contributed by atoms with van der Waals surface area (Å²) in [4.78, 5) is 11.9. The molecule has 1 aromatic heterocycles. The van der Waals surface area contributed by atoms with Crippen molar-refractivity contribution in [2.75, 3.05) is 0 Å². The molecule has 1 aromatic rings. The average molecular weight is 249 g/mol. The molecule has 0 radical (unpaired) electrons. The molecule has 1 nitrogen and oxygen atoms in total. The van der Waals surface area contributed by atoms with Gasteiger partial charge in [-0.25, -0.2) is 0 Å². The third kappa shape index (κ3) is 1.71. The molecule has 4 heteroatoms. The van der Waals surface area contributed by atoms with Crippen LogP contribution in [-0.2, 0) is 0 Å². The van der Waals surface area contributed by atoms with Crippen LogP contribution in [-0.4, -0.2) is 5.78 Å². The smallest absolute Gasteiger partial charge is 0.168 e. The quantitative estimate of drug-likeness (QED) is 0.715. The molecule has 2 rings (SSSR count). The lowest BCUT2D eigenvalue weighted by Gasteiger charge is -2.00. The number of carbonyl (C=O) groups is 1. The number of halogens is 2. The van der Waals surface area contributed by atoms with E-state index in [9.17, 15) is 4.79 Å². The van der Waals surface area contributed by atoms with E-state index in [1.807, 2.05) is 0 Å². The number of hydrogen-bond donors (Lipinski definition) is 0. The van der Waals surface area contributed by atoms with E-state index in [1.165, 1.54) is 11.3 Å². The third-order valence-electron chi connectivity index (χ3n) is 2.75. The molecular weight excluding hydrogens is 239 g/mol. The van der Waals surface area contributed by atoms with Gasteiger partial charge in [0.05, 0.1) is 4.34 Å². The summed E-state index contributed by atoms with van der Waals surface area (Å²) in [5.74, 6) is 0.272. The first-order chi connectivity index (χ1) is 6.42. The van der Waals surface area contributed by atoms with E-state index in [2.05, 4.69) is 13.8 Å². The molecule has 0 amide bonds. The largest absolute Gasteiger partial charge is 0.294 e. The molecule has 0 aliphatic heterocycles. The molecule has 0 spiro atoms. The molecule has 0 bridgehead atoms. The molecule has 76 valence electrons. The van der Waals surface area contributed by atoms with E-state index in [0.717, 1.165) is 6.42 Å². The van der Waals surface area contributed by atoms with Crippen LogP contribution in [0.3, 0.4) is 0 Å². The minimum atomic E-state index is 0.130. The van der Waals surface area contributed by atoms with E-state index in [1.54, 1.807) is 6.07 Å². The van der Waals surface area contributed by atoms with Crippen LogP contribution in [0.2, 0.25) is 8.67 Å². The molecule has 1 atom stereocenters. The fourth-order valence-corrected chi connectivity index (χ4v) is 3.08. The summed E-state index contributed by atoms with van der Waals surface area (Å²) in [6.45, 7) is 4.19. The van der Waals surface area contributed by atoms with Gasteiger partial charge < -0.3 is 0 Å². The zero-order chi connectivity index (χ0) is 10.5. The number of rotatable bonds is 2. The molecule has 1 aliphatic carbocycles. The number of hydrogen-bond acceptors (Lipinski definition) is 2. The minimum Gasteiger partial charge on any atom is -0.294 e. The summed E-state index contributed by atoms with van der Waals surface area (Å²) in [5, 5.41) is 0. The van der Waals surface area contributed by atoms with E-state index >= 15 is 0 Å². The molecular formula is C10H10Cl2OS. The second-order valence-electron chi connectivity index (χ2n) is 4.35.